The fourth-order valence-corrected chi connectivity index (χ4v) is 3.03. The van der Waals surface area contributed by atoms with Crippen molar-refractivity contribution in [2.24, 2.45) is 7.05 Å². The van der Waals surface area contributed by atoms with Gasteiger partial charge in [0.25, 0.3) is 5.91 Å². The lowest BCUT2D eigenvalue weighted by molar-refractivity contribution is 0.0709. The van der Waals surface area contributed by atoms with Crippen LogP contribution in [-0.2, 0) is 13.6 Å². The van der Waals surface area contributed by atoms with E-state index in [0.29, 0.717) is 25.2 Å². The van der Waals surface area contributed by atoms with E-state index in [1.807, 2.05) is 11.8 Å². The molecule has 0 N–H and O–H groups in total. The number of hydrogen-bond donors (Lipinski definition) is 0. The van der Waals surface area contributed by atoms with Crippen LogP contribution in [0, 0.1) is 0 Å². The molecule has 1 saturated heterocycles. The summed E-state index contributed by atoms with van der Waals surface area (Å²) >= 11 is 0. The Balaban J connectivity index is 1.71. The van der Waals surface area contributed by atoms with Crippen LogP contribution in [0.25, 0.3) is 0 Å². The first-order valence-corrected chi connectivity index (χ1v) is 7.57. The normalized spacial score (nSPS) is 16.2. The Morgan fingerprint density at radius 2 is 2.14 bits per heavy atom. The molecule has 1 fully saturated rings. The molecule has 1 amide bonds. The molecule has 7 heteroatoms. The zero-order valence-corrected chi connectivity index (χ0v) is 12.9. The minimum Gasteiger partial charge on any atom is -0.472 e. The second-order valence-electron chi connectivity index (χ2n) is 5.59. The lowest BCUT2D eigenvalue weighted by Crippen LogP contribution is -2.38. The van der Waals surface area contributed by atoms with Gasteiger partial charge in [-0.05, 0) is 25.8 Å². The average Bonchev–Trinajstić information content (AvgIpc) is 3.16. The second kappa shape index (κ2) is 5.82. The average molecular weight is 304 g/mol. The molecule has 0 aliphatic carbocycles. The third-order valence-electron chi connectivity index (χ3n) is 4.27. The first kappa shape index (κ1) is 14.6. The number of amides is 1. The van der Waals surface area contributed by atoms with Crippen molar-refractivity contribution in [2.45, 2.75) is 32.2 Å². The third kappa shape index (κ3) is 2.47. The summed E-state index contributed by atoms with van der Waals surface area (Å²) in [5, 5.41) is 4.37. The smallest absolute Gasteiger partial charge is 0.345 e. The zero-order chi connectivity index (χ0) is 15.7. The minimum atomic E-state index is -0.0746. The summed E-state index contributed by atoms with van der Waals surface area (Å²) in [4.78, 5) is 26.1. The van der Waals surface area contributed by atoms with Crippen molar-refractivity contribution in [3.63, 3.8) is 0 Å². The predicted molar refractivity (Wildman–Crippen MR) is 79.7 cm³/mol. The second-order valence-corrected chi connectivity index (χ2v) is 5.59. The quantitative estimate of drug-likeness (QED) is 0.854. The summed E-state index contributed by atoms with van der Waals surface area (Å²) in [5.41, 5.74) is 0.510. The topological polar surface area (TPSA) is 73.3 Å². The molecule has 22 heavy (non-hydrogen) atoms. The van der Waals surface area contributed by atoms with Crippen molar-refractivity contribution in [1.29, 1.82) is 0 Å². The van der Waals surface area contributed by atoms with Crippen molar-refractivity contribution in [1.82, 2.24) is 19.2 Å². The molecule has 0 atom stereocenters. The van der Waals surface area contributed by atoms with Crippen LogP contribution in [0.3, 0.4) is 0 Å². The maximum Gasteiger partial charge on any atom is 0.345 e. The standard InChI is InChI=1S/C15H20N4O3/c1-3-19-13(16-17(2)15(19)21)11-4-7-18(8-5-11)14(20)12-6-9-22-10-12/h6,9-11H,3-5,7-8H2,1-2H3. The molecule has 118 valence electrons. The number of aryl methyl sites for hydroxylation is 1. The predicted octanol–water partition coefficient (Wildman–Crippen LogP) is 1.21. The van der Waals surface area contributed by atoms with Crippen molar-refractivity contribution in [3.8, 4) is 0 Å². The van der Waals surface area contributed by atoms with Crippen LogP contribution in [-0.4, -0.2) is 38.2 Å². The van der Waals surface area contributed by atoms with Crippen LogP contribution in [0.2, 0.25) is 0 Å². The summed E-state index contributed by atoms with van der Waals surface area (Å²) in [5.74, 6) is 1.06. The van der Waals surface area contributed by atoms with Gasteiger partial charge < -0.3 is 9.32 Å². The van der Waals surface area contributed by atoms with Crippen molar-refractivity contribution in [2.75, 3.05) is 13.1 Å². The molecule has 0 aromatic carbocycles. The van der Waals surface area contributed by atoms with Crippen molar-refractivity contribution in [3.05, 3.63) is 40.5 Å². The van der Waals surface area contributed by atoms with Gasteiger partial charge in [0.2, 0.25) is 0 Å². The van der Waals surface area contributed by atoms with Gasteiger partial charge in [0, 0.05) is 32.6 Å². The molecule has 1 aliphatic rings. The molecule has 2 aromatic heterocycles. The fraction of sp³-hybridized carbons (Fsp3) is 0.533. The van der Waals surface area contributed by atoms with Crippen LogP contribution < -0.4 is 5.69 Å². The van der Waals surface area contributed by atoms with E-state index in [1.165, 1.54) is 17.2 Å². The number of hydrogen-bond acceptors (Lipinski definition) is 4. The molecule has 0 unspecified atom stereocenters. The summed E-state index contributed by atoms with van der Waals surface area (Å²) in [6.07, 6.45) is 4.62. The monoisotopic (exact) mass is 304 g/mol. The number of rotatable bonds is 3. The number of aromatic nitrogens is 3. The van der Waals surface area contributed by atoms with E-state index >= 15 is 0 Å². The van der Waals surface area contributed by atoms with Crippen LogP contribution in [0.4, 0.5) is 0 Å². The molecule has 1 aliphatic heterocycles. The van der Waals surface area contributed by atoms with E-state index < -0.39 is 0 Å². The Morgan fingerprint density at radius 3 is 2.73 bits per heavy atom. The summed E-state index contributed by atoms with van der Waals surface area (Å²) < 4.78 is 8.08. The maximum absolute atomic E-state index is 12.3. The minimum absolute atomic E-state index is 0.00102. The van der Waals surface area contributed by atoms with Crippen molar-refractivity contribution < 1.29 is 9.21 Å². The van der Waals surface area contributed by atoms with Gasteiger partial charge in [-0.15, -0.1) is 0 Å². The number of likely N-dealkylation sites (tertiary alicyclic amines) is 1. The van der Waals surface area contributed by atoms with E-state index in [9.17, 15) is 9.59 Å². The zero-order valence-electron chi connectivity index (χ0n) is 12.9. The summed E-state index contributed by atoms with van der Waals surface area (Å²) in [6, 6.07) is 1.68. The summed E-state index contributed by atoms with van der Waals surface area (Å²) in [6.45, 7) is 3.91. The van der Waals surface area contributed by atoms with Gasteiger partial charge in [0.15, 0.2) is 0 Å². The van der Waals surface area contributed by atoms with Crippen LogP contribution in [0.1, 0.15) is 41.9 Å². The van der Waals surface area contributed by atoms with Gasteiger partial charge in [0.05, 0.1) is 11.8 Å². The Labute approximate surface area is 128 Å². The molecular formula is C15H20N4O3. The van der Waals surface area contributed by atoms with Crippen LogP contribution in [0.5, 0.6) is 0 Å². The lowest BCUT2D eigenvalue weighted by Gasteiger charge is -2.31. The largest absolute Gasteiger partial charge is 0.472 e. The molecule has 7 nitrogen and oxygen atoms in total. The van der Waals surface area contributed by atoms with E-state index in [4.69, 9.17) is 4.42 Å². The highest BCUT2D eigenvalue weighted by Crippen LogP contribution is 2.27. The Morgan fingerprint density at radius 1 is 1.41 bits per heavy atom. The molecular weight excluding hydrogens is 284 g/mol. The molecule has 3 rings (SSSR count). The molecule has 0 saturated carbocycles. The molecule has 2 aromatic rings. The van der Waals surface area contributed by atoms with E-state index in [1.54, 1.807) is 17.7 Å². The number of nitrogens with zero attached hydrogens (tertiary/aromatic N) is 4. The number of furan rings is 1. The molecule has 0 radical (unpaired) electrons. The van der Waals surface area contributed by atoms with Crippen molar-refractivity contribution >= 4 is 5.91 Å². The fourth-order valence-electron chi connectivity index (χ4n) is 3.03. The van der Waals surface area contributed by atoms with E-state index in [-0.39, 0.29) is 17.5 Å². The van der Waals surface area contributed by atoms with Gasteiger partial charge in [-0.3, -0.25) is 9.36 Å². The van der Waals surface area contributed by atoms with Gasteiger partial charge >= 0.3 is 5.69 Å². The highest BCUT2D eigenvalue weighted by atomic mass is 16.3. The molecule has 3 heterocycles. The Bertz CT molecular complexity index is 706. The highest BCUT2D eigenvalue weighted by Gasteiger charge is 2.28. The van der Waals surface area contributed by atoms with Crippen LogP contribution in [0.15, 0.2) is 27.8 Å². The molecule has 0 spiro atoms. The van der Waals surface area contributed by atoms with Gasteiger partial charge in [-0.2, -0.15) is 5.10 Å². The highest BCUT2D eigenvalue weighted by molar-refractivity contribution is 5.93. The maximum atomic E-state index is 12.3. The first-order chi connectivity index (χ1) is 10.6. The Hall–Kier alpha value is -2.31. The first-order valence-electron chi connectivity index (χ1n) is 7.57. The Kier molecular flexibility index (Phi) is 3.87. The van der Waals surface area contributed by atoms with Gasteiger partial charge in [-0.25, -0.2) is 9.48 Å². The lowest BCUT2D eigenvalue weighted by atomic mass is 9.95. The van der Waals surface area contributed by atoms with Crippen LogP contribution >= 0.6 is 0 Å². The van der Waals surface area contributed by atoms with E-state index in [0.717, 1.165) is 18.7 Å². The van der Waals surface area contributed by atoms with Gasteiger partial charge in [0.1, 0.15) is 12.1 Å². The summed E-state index contributed by atoms with van der Waals surface area (Å²) in [7, 11) is 1.68. The number of carbonyl (C=O) groups is 1. The third-order valence-corrected chi connectivity index (χ3v) is 4.27. The molecule has 0 bridgehead atoms. The SMILES string of the molecule is CCn1c(C2CCN(C(=O)c3ccoc3)CC2)nn(C)c1=O. The van der Waals surface area contributed by atoms with E-state index in [2.05, 4.69) is 5.10 Å². The van der Waals surface area contributed by atoms with Gasteiger partial charge in [-0.1, -0.05) is 0 Å². The number of carbonyl (C=O) groups excluding carboxylic acids is 1. The number of piperidine rings is 1.